The van der Waals surface area contributed by atoms with Crippen molar-refractivity contribution in [3.63, 3.8) is 0 Å². The second-order valence-electron chi connectivity index (χ2n) is 10.3. The van der Waals surface area contributed by atoms with Crippen LogP contribution >= 0.6 is 0 Å². The molecule has 2 unspecified atom stereocenters. The Balaban J connectivity index is 1.77. The zero-order valence-electron chi connectivity index (χ0n) is 19.8. The highest BCUT2D eigenvalue weighted by Crippen LogP contribution is 2.19. The van der Waals surface area contributed by atoms with Crippen LogP contribution in [0, 0.1) is 5.92 Å². The average Bonchev–Trinajstić information content (AvgIpc) is 2.99. The van der Waals surface area contributed by atoms with Gasteiger partial charge in [0.15, 0.2) is 5.96 Å². The van der Waals surface area contributed by atoms with E-state index in [0.717, 1.165) is 12.5 Å². The lowest BCUT2D eigenvalue weighted by atomic mass is 10.1. The quantitative estimate of drug-likeness (QED) is 0.744. The molecular formula is C21H39N5O4. The molecule has 2 rings (SSSR count). The van der Waals surface area contributed by atoms with Gasteiger partial charge in [-0.15, -0.1) is 0 Å². The smallest absolute Gasteiger partial charge is 0.410 e. The first-order valence-electron chi connectivity index (χ1n) is 10.7. The van der Waals surface area contributed by atoms with Gasteiger partial charge in [0, 0.05) is 39.8 Å². The summed E-state index contributed by atoms with van der Waals surface area (Å²) in [4.78, 5) is 34.7. The van der Waals surface area contributed by atoms with Crippen LogP contribution in [0.4, 0.5) is 9.59 Å². The number of aliphatic imine (C=N–C) groups is 1. The van der Waals surface area contributed by atoms with Gasteiger partial charge in [-0.25, -0.2) is 9.59 Å². The molecule has 172 valence electrons. The van der Waals surface area contributed by atoms with Crippen LogP contribution in [0.15, 0.2) is 4.99 Å². The minimum absolute atomic E-state index is 0.175. The van der Waals surface area contributed by atoms with E-state index in [-0.39, 0.29) is 24.1 Å². The maximum atomic E-state index is 12.3. The highest BCUT2D eigenvalue weighted by molar-refractivity contribution is 5.82. The van der Waals surface area contributed by atoms with Gasteiger partial charge in [0.2, 0.25) is 0 Å². The molecule has 30 heavy (non-hydrogen) atoms. The van der Waals surface area contributed by atoms with Crippen LogP contribution in [0.1, 0.15) is 48.5 Å². The Morgan fingerprint density at radius 2 is 1.80 bits per heavy atom. The highest BCUT2D eigenvalue weighted by Gasteiger charge is 2.36. The lowest BCUT2D eigenvalue weighted by molar-refractivity contribution is 0.0136. The summed E-state index contributed by atoms with van der Waals surface area (Å²) in [6.45, 7) is 17.2. The van der Waals surface area contributed by atoms with Crippen LogP contribution in [-0.2, 0) is 9.47 Å². The summed E-state index contributed by atoms with van der Waals surface area (Å²) >= 11 is 0. The summed E-state index contributed by atoms with van der Waals surface area (Å²) in [6, 6.07) is 0.175. The van der Waals surface area contributed by atoms with Crippen LogP contribution in [0.3, 0.4) is 0 Å². The first-order chi connectivity index (χ1) is 13.7. The van der Waals surface area contributed by atoms with Gasteiger partial charge in [0.05, 0.1) is 12.6 Å². The van der Waals surface area contributed by atoms with Crippen molar-refractivity contribution in [2.75, 3.05) is 46.3 Å². The maximum absolute atomic E-state index is 12.3. The number of guanidine groups is 1. The number of ether oxygens (including phenoxy) is 2. The van der Waals surface area contributed by atoms with Crippen LogP contribution in [-0.4, -0.2) is 96.4 Å². The molecular weight excluding hydrogens is 386 g/mol. The Morgan fingerprint density at radius 1 is 1.17 bits per heavy atom. The number of hydrogen-bond acceptors (Lipinski definition) is 7. The van der Waals surface area contributed by atoms with Gasteiger partial charge < -0.3 is 29.5 Å². The van der Waals surface area contributed by atoms with Gasteiger partial charge in [-0.2, -0.15) is 0 Å². The fraction of sp³-hybridized carbons (Fsp3) is 0.857. The van der Waals surface area contributed by atoms with Crippen LogP contribution < -0.4 is 5.32 Å². The van der Waals surface area contributed by atoms with Gasteiger partial charge in [-0.05, 0) is 47.5 Å². The number of piperazine rings is 1. The minimum Gasteiger partial charge on any atom is -0.444 e. The van der Waals surface area contributed by atoms with Gasteiger partial charge in [0.25, 0.3) is 0 Å². The van der Waals surface area contributed by atoms with Crippen molar-refractivity contribution >= 4 is 18.1 Å². The van der Waals surface area contributed by atoms with E-state index in [1.54, 1.807) is 16.8 Å². The Hall–Kier alpha value is -2.19. The van der Waals surface area contributed by atoms with Crippen molar-refractivity contribution in [1.29, 1.82) is 0 Å². The molecule has 9 nitrogen and oxygen atoms in total. The van der Waals surface area contributed by atoms with Crippen LogP contribution in [0.2, 0.25) is 0 Å². The monoisotopic (exact) mass is 425 g/mol. The van der Waals surface area contributed by atoms with Crippen molar-refractivity contribution < 1.29 is 19.1 Å². The molecule has 0 spiro atoms. The predicted molar refractivity (Wildman–Crippen MR) is 117 cm³/mol. The molecule has 2 atom stereocenters. The standard InChI is InChI=1S/C21H39N5O4/c1-15(13-24(8)18(27)29-20(2,3)4)11-22-17-23-12-16-14-25(9-10-26(16)17)19(28)30-21(5,6)7/h15-16H,9-14H2,1-8H3,(H,22,23). The summed E-state index contributed by atoms with van der Waals surface area (Å²) in [5.41, 5.74) is -0.989. The normalized spacial score (nSPS) is 20.3. The summed E-state index contributed by atoms with van der Waals surface area (Å²) in [7, 11) is 1.75. The lowest BCUT2D eigenvalue weighted by Gasteiger charge is -2.39. The SMILES string of the molecule is CC(CNC1=NCC2CN(C(=O)OC(C)(C)C)CCN12)CN(C)C(=O)OC(C)(C)C. The number of amides is 2. The van der Waals surface area contributed by atoms with Gasteiger partial charge in [-0.1, -0.05) is 6.92 Å². The summed E-state index contributed by atoms with van der Waals surface area (Å²) in [5.74, 6) is 1.10. The van der Waals surface area contributed by atoms with E-state index in [1.165, 1.54) is 0 Å². The summed E-state index contributed by atoms with van der Waals surface area (Å²) in [6.07, 6.45) is -0.576. The maximum Gasteiger partial charge on any atom is 0.410 e. The molecule has 0 bridgehead atoms. The predicted octanol–water partition coefficient (Wildman–Crippen LogP) is 2.37. The van der Waals surface area contributed by atoms with E-state index in [0.29, 0.717) is 32.7 Å². The third-order valence-electron chi connectivity index (χ3n) is 4.76. The van der Waals surface area contributed by atoms with E-state index in [1.807, 2.05) is 41.5 Å². The number of fused-ring (bicyclic) bond motifs is 1. The van der Waals surface area contributed by atoms with Crippen molar-refractivity contribution in [2.45, 2.75) is 65.7 Å². The Morgan fingerprint density at radius 3 is 2.40 bits per heavy atom. The average molecular weight is 426 g/mol. The van der Waals surface area contributed by atoms with E-state index >= 15 is 0 Å². The minimum atomic E-state index is -0.498. The second-order valence-corrected chi connectivity index (χ2v) is 10.3. The molecule has 2 heterocycles. The van der Waals surface area contributed by atoms with Crippen LogP contribution in [0.5, 0.6) is 0 Å². The third kappa shape index (κ3) is 7.25. The largest absolute Gasteiger partial charge is 0.444 e. The molecule has 0 aromatic carbocycles. The molecule has 2 amide bonds. The first kappa shape index (κ1) is 24.1. The fourth-order valence-electron chi connectivity index (χ4n) is 3.43. The molecule has 2 aliphatic heterocycles. The highest BCUT2D eigenvalue weighted by atomic mass is 16.6. The molecule has 1 fully saturated rings. The van der Waals surface area contributed by atoms with E-state index in [4.69, 9.17) is 9.47 Å². The number of nitrogens with one attached hydrogen (secondary N) is 1. The molecule has 0 saturated carbocycles. The van der Waals surface area contributed by atoms with E-state index in [9.17, 15) is 9.59 Å². The molecule has 0 aromatic heterocycles. The van der Waals surface area contributed by atoms with Crippen molar-refractivity contribution in [3.8, 4) is 0 Å². The number of carbonyl (C=O) groups is 2. The van der Waals surface area contributed by atoms with Gasteiger partial charge >= 0.3 is 12.2 Å². The molecule has 0 aliphatic carbocycles. The number of nitrogens with zero attached hydrogens (tertiary/aromatic N) is 4. The van der Waals surface area contributed by atoms with Crippen molar-refractivity contribution in [1.82, 2.24) is 20.0 Å². The topological polar surface area (TPSA) is 86.7 Å². The van der Waals surface area contributed by atoms with E-state index in [2.05, 4.69) is 22.1 Å². The molecule has 2 aliphatic rings. The molecule has 9 heteroatoms. The third-order valence-corrected chi connectivity index (χ3v) is 4.76. The molecule has 1 saturated heterocycles. The van der Waals surface area contributed by atoms with Gasteiger partial charge in [-0.3, -0.25) is 4.99 Å². The number of carbonyl (C=O) groups excluding carboxylic acids is 2. The van der Waals surface area contributed by atoms with Crippen molar-refractivity contribution in [3.05, 3.63) is 0 Å². The van der Waals surface area contributed by atoms with Crippen LogP contribution in [0.25, 0.3) is 0 Å². The second kappa shape index (κ2) is 9.31. The molecule has 0 aromatic rings. The zero-order chi connectivity index (χ0) is 22.7. The first-order valence-corrected chi connectivity index (χ1v) is 10.7. The Labute approximate surface area is 180 Å². The molecule has 1 N–H and O–H groups in total. The molecule has 0 radical (unpaired) electrons. The number of hydrogen-bond donors (Lipinski definition) is 1. The summed E-state index contributed by atoms with van der Waals surface area (Å²) in [5, 5.41) is 3.42. The van der Waals surface area contributed by atoms with Gasteiger partial charge in [0.1, 0.15) is 11.2 Å². The summed E-state index contributed by atoms with van der Waals surface area (Å²) < 4.78 is 10.9. The fourth-order valence-corrected chi connectivity index (χ4v) is 3.43. The lowest BCUT2D eigenvalue weighted by Crippen LogP contribution is -2.57. The van der Waals surface area contributed by atoms with Crippen molar-refractivity contribution in [2.24, 2.45) is 10.9 Å². The van der Waals surface area contributed by atoms with E-state index < -0.39 is 11.2 Å². The Bertz CT molecular complexity index is 653. The number of rotatable bonds is 4. The zero-order valence-corrected chi connectivity index (χ0v) is 19.8. The Kier molecular flexibility index (Phi) is 7.47.